The van der Waals surface area contributed by atoms with Crippen molar-refractivity contribution in [2.24, 2.45) is 5.73 Å². The molecule has 1 unspecified atom stereocenters. The van der Waals surface area contributed by atoms with Crippen LogP contribution in [0.3, 0.4) is 0 Å². The van der Waals surface area contributed by atoms with Gasteiger partial charge >= 0.3 is 0 Å². The molecule has 1 aromatic rings. The van der Waals surface area contributed by atoms with Crippen LogP contribution in [-0.4, -0.2) is 36.3 Å². The molecule has 1 aliphatic heterocycles. The van der Waals surface area contributed by atoms with Crippen molar-refractivity contribution in [2.75, 3.05) is 24.5 Å². The number of rotatable bonds is 2. The fraction of sp³-hybridized carbons (Fsp3) is 0.727. The lowest BCUT2D eigenvalue weighted by atomic mass is 10.1. The molecule has 0 spiro atoms. The molecule has 0 aliphatic carbocycles. The van der Waals surface area contributed by atoms with E-state index >= 15 is 0 Å². The highest BCUT2D eigenvalue weighted by molar-refractivity contribution is 7.13. The van der Waals surface area contributed by atoms with E-state index in [2.05, 4.69) is 29.1 Å². The molecule has 2 N–H and O–H groups in total. The first kappa shape index (κ1) is 11.8. The van der Waals surface area contributed by atoms with Gasteiger partial charge in [-0.25, -0.2) is 4.98 Å². The molecule has 1 aromatic heterocycles. The van der Waals surface area contributed by atoms with Gasteiger partial charge in [-0.3, -0.25) is 0 Å². The molecular weight excluding hydrogens is 222 g/mol. The molecule has 5 heteroatoms. The molecule has 0 bridgehead atoms. The second kappa shape index (κ2) is 4.31. The van der Waals surface area contributed by atoms with Crippen LogP contribution in [-0.2, 0) is 4.74 Å². The van der Waals surface area contributed by atoms with Crippen LogP contribution in [0.15, 0.2) is 5.38 Å². The highest BCUT2D eigenvalue weighted by Crippen LogP contribution is 2.27. The van der Waals surface area contributed by atoms with Crippen molar-refractivity contribution >= 4 is 16.5 Å². The summed E-state index contributed by atoms with van der Waals surface area (Å²) in [5, 5.41) is 3.15. The van der Waals surface area contributed by atoms with Gasteiger partial charge < -0.3 is 15.4 Å². The first-order valence-electron chi connectivity index (χ1n) is 5.55. The van der Waals surface area contributed by atoms with Crippen LogP contribution in [0.1, 0.15) is 19.5 Å². The maximum atomic E-state index is 5.89. The second-order valence-electron chi connectivity index (χ2n) is 4.89. The molecule has 1 aliphatic rings. The Bertz CT molecular complexity index is 364. The Labute approximate surface area is 100 Å². The lowest BCUT2D eigenvalue weighted by molar-refractivity contribution is -0.0788. The van der Waals surface area contributed by atoms with Gasteiger partial charge in [-0.15, -0.1) is 11.3 Å². The van der Waals surface area contributed by atoms with Crippen LogP contribution >= 0.6 is 11.3 Å². The number of aromatic nitrogens is 1. The Morgan fingerprint density at radius 3 is 3.00 bits per heavy atom. The normalized spacial score (nSPS) is 24.8. The molecule has 1 saturated heterocycles. The summed E-state index contributed by atoms with van der Waals surface area (Å²) >= 11 is 1.69. The number of hydrogen-bond donors (Lipinski definition) is 1. The number of nitrogens with zero attached hydrogens (tertiary/aromatic N) is 2. The van der Waals surface area contributed by atoms with Crippen molar-refractivity contribution < 1.29 is 4.74 Å². The van der Waals surface area contributed by atoms with E-state index in [9.17, 15) is 0 Å². The average molecular weight is 241 g/mol. The van der Waals surface area contributed by atoms with E-state index in [0.717, 1.165) is 23.9 Å². The third kappa shape index (κ3) is 2.53. The van der Waals surface area contributed by atoms with E-state index in [1.807, 2.05) is 6.92 Å². The SMILES string of the molecule is Cc1csc(N2CC(CN)OC(C)(C)C2)n1. The Morgan fingerprint density at radius 1 is 1.69 bits per heavy atom. The van der Waals surface area contributed by atoms with Crippen molar-refractivity contribution in [3.05, 3.63) is 11.1 Å². The zero-order valence-corrected chi connectivity index (χ0v) is 10.9. The van der Waals surface area contributed by atoms with Crippen molar-refractivity contribution in [3.8, 4) is 0 Å². The second-order valence-corrected chi connectivity index (χ2v) is 5.72. The van der Waals surface area contributed by atoms with Gasteiger partial charge in [0.1, 0.15) is 0 Å². The van der Waals surface area contributed by atoms with E-state index < -0.39 is 0 Å². The van der Waals surface area contributed by atoms with Crippen LogP contribution in [0.4, 0.5) is 5.13 Å². The molecule has 0 aromatic carbocycles. The molecule has 2 heterocycles. The van der Waals surface area contributed by atoms with Crippen LogP contribution in [0, 0.1) is 6.92 Å². The number of morpholine rings is 1. The molecule has 0 radical (unpaired) electrons. The summed E-state index contributed by atoms with van der Waals surface area (Å²) in [7, 11) is 0. The minimum absolute atomic E-state index is 0.105. The third-order valence-electron chi connectivity index (χ3n) is 2.62. The number of ether oxygens (including phenoxy) is 1. The minimum atomic E-state index is -0.151. The van der Waals surface area contributed by atoms with Crippen molar-refractivity contribution in [2.45, 2.75) is 32.5 Å². The van der Waals surface area contributed by atoms with Crippen molar-refractivity contribution in [3.63, 3.8) is 0 Å². The highest BCUT2D eigenvalue weighted by Gasteiger charge is 2.33. The summed E-state index contributed by atoms with van der Waals surface area (Å²) in [5.41, 5.74) is 6.63. The molecular formula is C11H19N3OS. The number of nitrogens with two attached hydrogens (primary N) is 1. The van der Waals surface area contributed by atoms with E-state index in [1.165, 1.54) is 0 Å². The zero-order chi connectivity index (χ0) is 11.8. The molecule has 16 heavy (non-hydrogen) atoms. The van der Waals surface area contributed by atoms with Gasteiger partial charge in [-0.1, -0.05) is 0 Å². The fourth-order valence-electron chi connectivity index (χ4n) is 2.05. The lowest BCUT2D eigenvalue weighted by Crippen LogP contribution is -2.54. The molecule has 0 amide bonds. The maximum absolute atomic E-state index is 5.89. The predicted octanol–water partition coefficient (Wildman–Crippen LogP) is 1.39. The molecule has 0 saturated carbocycles. The Hall–Kier alpha value is -0.650. The van der Waals surface area contributed by atoms with Gasteiger partial charge in [0.05, 0.1) is 17.4 Å². The third-order valence-corrected chi connectivity index (χ3v) is 3.64. The van der Waals surface area contributed by atoms with Crippen LogP contribution in [0.25, 0.3) is 0 Å². The van der Waals surface area contributed by atoms with Crippen molar-refractivity contribution in [1.82, 2.24) is 4.98 Å². The number of anilines is 1. The highest BCUT2D eigenvalue weighted by atomic mass is 32.1. The average Bonchev–Trinajstić information content (AvgIpc) is 2.62. The number of aryl methyl sites for hydroxylation is 1. The summed E-state index contributed by atoms with van der Waals surface area (Å²) in [5.74, 6) is 0. The van der Waals surface area contributed by atoms with E-state index in [4.69, 9.17) is 10.5 Å². The van der Waals surface area contributed by atoms with Crippen LogP contribution < -0.4 is 10.6 Å². The molecule has 1 atom stereocenters. The van der Waals surface area contributed by atoms with E-state index in [0.29, 0.717) is 6.54 Å². The van der Waals surface area contributed by atoms with Crippen molar-refractivity contribution in [1.29, 1.82) is 0 Å². The van der Waals surface area contributed by atoms with Gasteiger partial charge in [0.2, 0.25) is 0 Å². The summed E-state index contributed by atoms with van der Waals surface area (Å²) < 4.78 is 5.89. The Balaban J connectivity index is 2.15. The van der Waals surface area contributed by atoms with Crippen LogP contribution in [0.5, 0.6) is 0 Å². The maximum Gasteiger partial charge on any atom is 0.185 e. The monoisotopic (exact) mass is 241 g/mol. The van der Waals surface area contributed by atoms with Gasteiger partial charge in [0.15, 0.2) is 5.13 Å². The summed E-state index contributed by atoms with van der Waals surface area (Å²) in [4.78, 5) is 6.79. The molecule has 1 fully saturated rings. The standard InChI is InChI=1S/C11H19N3OS/c1-8-6-16-10(13-8)14-5-9(4-12)15-11(2,3)7-14/h6,9H,4-5,7,12H2,1-3H3. The first-order valence-corrected chi connectivity index (χ1v) is 6.43. The molecule has 90 valence electrons. The quantitative estimate of drug-likeness (QED) is 0.850. The topological polar surface area (TPSA) is 51.4 Å². The zero-order valence-electron chi connectivity index (χ0n) is 10.1. The fourth-order valence-corrected chi connectivity index (χ4v) is 2.86. The Kier molecular flexibility index (Phi) is 3.19. The predicted molar refractivity (Wildman–Crippen MR) is 67.1 cm³/mol. The summed E-state index contributed by atoms with van der Waals surface area (Å²) in [6.07, 6.45) is 0.105. The first-order chi connectivity index (χ1) is 7.50. The van der Waals surface area contributed by atoms with Gasteiger partial charge in [0.25, 0.3) is 0 Å². The van der Waals surface area contributed by atoms with Gasteiger partial charge in [-0.2, -0.15) is 0 Å². The number of hydrogen-bond acceptors (Lipinski definition) is 5. The summed E-state index contributed by atoms with van der Waals surface area (Å²) in [6, 6.07) is 0. The summed E-state index contributed by atoms with van der Waals surface area (Å²) in [6.45, 7) is 8.49. The molecule has 2 rings (SSSR count). The number of thiazole rings is 1. The lowest BCUT2D eigenvalue weighted by Gasteiger charge is -2.42. The van der Waals surface area contributed by atoms with E-state index in [-0.39, 0.29) is 11.7 Å². The van der Waals surface area contributed by atoms with E-state index in [1.54, 1.807) is 11.3 Å². The van der Waals surface area contributed by atoms with Gasteiger partial charge in [-0.05, 0) is 20.8 Å². The largest absolute Gasteiger partial charge is 0.367 e. The Morgan fingerprint density at radius 2 is 2.44 bits per heavy atom. The smallest absolute Gasteiger partial charge is 0.185 e. The minimum Gasteiger partial charge on any atom is -0.367 e. The van der Waals surface area contributed by atoms with Gasteiger partial charge in [0, 0.05) is 25.0 Å². The molecule has 4 nitrogen and oxygen atoms in total. The van der Waals surface area contributed by atoms with Crippen LogP contribution in [0.2, 0.25) is 0 Å².